The molecule has 2 saturated heterocycles. The van der Waals surface area contributed by atoms with Gasteiger partial charge in [-0.15, -0.1) is 0 Å². The Morgan fingerprint density at radius 1 is 0.946 bits per heavy atom. The SMILES string of the molecule is COCc1cc(N2CCN(C(=O)OC(C)(C)C)C[C@@H]2C)ccc1N1CCN(Cc2ccccc2)[C@H](C)C1. The monoisotopic (exact) mass is 508 g/mol. The lowest BCUT2D eigenvalue weighted by atomic mass is 10.1. The topological polar surface area (TPSA) is 48.5 Å². The number of rotatable bonds is 6. The van der Waals surface area contributed by atoms with E-state index in [4.69, 9.17) is 9.47 Å². The van der Waals surface area contributed by atoms with E-state index in [2.05, 4.69) is 77.1 Å². The third-order valence-corrected chi connectivity index (χ3v) is 7.31. The normalized spacial score (nSPS) is 21.3. The Bertz CT molecular complexity index is 1040. The molecule has 37 heavy (non-hydrogen) atoms. The fourth-order valence-corrected chi connectivity index (χ4v) is 5.43. The Morgan fingerprint density at radius 2 is 1.70 bits per heavy atom. The van der Waals surface area contributed by atoms with Crippen molar-refractivity contribution < 1.29 is 14.3 Å². The Morgan fingerprint density at radius 3 is 2.35 bits per heavy atom. The molecule has 202 valence electrons. The lowest BCUT2D eigenvalue weighted by Gasteiger charge is -2.43. The van der Waals surface area contributed by atoms with Crippen LogP contribution in [0, 0.1) is 0 Å². The van der Waals surface area contributed by atoms with Gasteiger partial charge in [0.1, 0.15) is 5.60 Å². The molecule has 2 atom stereocenters. The summed E-state index contributed by atoms with van der Waals surface area (Å²) in [5.74, 6) is 0. The van der Waals surface area contributed by atoms with Gasteiger partial charge >= 0.3 is 6.09 Å². The molecule has 4 rings (SSSR count). The van der Waals surface area contributed by atoms with E-state index in [1.165, 1.54) is 22.5 Å². The number of carbonyl (C=O) groups is 1. The fraction of sp³-hybridized carbons (Fsp3) is 0.567. The van der Waals surface area contributed by atoms with E-state index >= 15 is 0 Å². The van der Waals surface area contributed by atoms with Crippen LogP contribution in [0.25, 0.3) is 0 Å². The highest BCUT2D eigenvalue weighted by Crippen LogP contribution is 2.31. The number of carbonyl (C=O) groups excluding carboxylic acids is 1. The van der Waals surface area contributed by atoms with Gasteiger partial charge < -0.3 is 24.2 Å². The van der Waals surface area contributed by atoms with Crippen LogP contribution in [-0.4, -0.2) is 80.0 Å². The molecule has 2 aliphatic heterocycles. The average Bonchev–Trinajstić information content (AvgIpc) is 2.85. The van der Waals surface area contributed by atoms with Crippen molar-refractivity contribution in [1.29, 1.82) is 0 Å². The van der Waals surface area contributed by atoms with Crippen LogP contribution >= 0.6 is 0 Å². The zero-order valence-electron chi connectivity index (χ0n) is 23.4. The van der Waals surface area contributed by atoms with Crippen LogP contribution in [0.5, 0.6) is 0 Å². The molecular weight excluding hydrogens is 464 g/mol. The molecule has 0 N–H and O–H groups in total. The van der Waals surface area contributed by atoms with Gasteiger partial charge in [-0.3, -0.25) is 4.90 Å². The summed E-state index contributed by atoms with van der Waals surface area (Å²) < 4.78 is 11.2. The summed E-state index contributed by atoms with van der Waals surface area (Å²) in [5, 5.41) is 0. The van der Waals surface area contributed by atoms with Gasteiger partial charge in [0.2, 0.25) is 0 Å². The molecule has 7 heteroatoms. The molecule has 2 heterocycles. The van der Waals surface area contributed by atoms with Crippen LogP contribution < -0.4 is 9.80 Å². The van der Waals surface area contributed by atoms with E-state index < -0.39 is 5.60 Å². The molecule has 0 saturated carbocycles. The first kappa shape index (κ1) is 27.3. The number of nitrogens with zero attached hydrogens (tertiary/aromatic N) is 4. The number of amides is 1. The Balaban J connectivity index is 1.42. The molecule has 2 aromatic rings. The van der Waals surface area contributed by atoms with Crippen molar-refractivity contribution in [2.75, 3.05) is 56.2 Å². The summed E-state index contributed by atoms with van der Waals surface area (Å²) in [5.41, 5.74) is 4.55. The summed E-state index contributed by atoms with van der Waals surface area (Å²) >= 11 is 0. The van der Waals surface area contributed by atoms with Gasteiger partial charge in [0.15, 0.2) is 0 Å². The minimum absolute atomic E-state index is 0.198. The molecule has 0 bridgehead atoms. The van der Waals surface area contributed by atoms with E-state index in [0.29, 0.717) is 25.7 Å². The van der Waals surface area contributed by atoms with Crippen LogP contribution in [0.1, 0.15) is 45.7 Å². The number of hydrogen-bond donors (Lipinski definition) is 0. The van der Waals surface area contributed by atoms with Gasteiger partial charge in [-0.2, -0.15) is 0 Å². The van der Waals surface area contributed by atoms with Crippen LogP contribution in [0.3, 0.4) is 0 Å². The van der Waals surface area contributed by atoms with Gasteiger partial charge in [0, 0.05) is 81.9 Å². The molecule has 0 radical (unpaired) electrons. The summed E-state index contributed by atoms with van der Waals surface area (Å²) in [7, 11) is 1.76. The van der Waals surface area contributed by atoms with Crippen LogP contribution in [0.2, 0.25) is 0 Å². The number of methoxy groups -OCH3 is 1. The third kappa shape index (κ3) is 6.96. The molecule has 1 amide bonds. The van der Waals surface area contributed by atoms with Crippen molar-refractivity contribution in [3.63, 3.8) is 0 Å². The van der Waals surface area contributed by atoms with Gasteiger partial charge in [-0.05, 0) is 58.4 Å². The number of hydrogen-bond acceptors (Lipinski definition) is 6. The maximum atomic E-state index is 12.6. The second-order valence-electron chi connectivity index (χ2n) is 11.5. The second kappa shape index (κ2) is 11.7. The lowest BCUT2D eigenvalue weighted by molar-refractivity contribution is 0.0219. The summed E-state index contributed by atoms with van der Waals surface area (Å²) in [6.45, 7) is 16.9. The van der Waals surface area contributed by atoms with Crippen molar-refractivity contribution in [1.82, 2.24) is 9.80 Å². The second-order valence-corrected chi connectivity index (χ2v) is 11.5. The van der Waals surface area contributed by atoms with Crippen molar-refractivity contribution in [3.8, 4) is 0 Å². The van der Waals surface area contributed by atoms with E-state index in [-0.39, 0.29) is 12.1 Å². The molecule has 0 spiro atoms. The predicted molar refractivity (Wildman–Crippen MR) is 150 cm³/mol. The molecule has 2 aliphatic rings. The molecule has 7 nitrogen and oxygen atoms in total. The van der Waals surface area contributed by atoms with E-state index in [1.807, 2.05) is 25.7 Å². The molecule has 0 aliphatic carbocycles. The minimum atomic E-state index is -0.479. The summed E-state index contributed by atoms with van der Waals surface area (Å²) in [6.07, 6.45) is -0.227. The van der Waals surface area contributed by atoms with Gasteiger partial charge in [0.25, 0.3) is 0 Å². The standard InChI is InChI=1S/C30H44N4O3/c1-23-19-32(15-14-31(23)21-25-10-8-7-9-11-25)28-13-12-27(18-26(28)22-36-6)34-17-16-33(20-24(34)2)29(35)37-30(3,4)5/h7-13,18,23-24H,14-17,19-22H2,1-6H3/t23-,24+/m1/s1. The third-order valence-electron chi connectivity index (χ3n) is 7.31. The number of ether oxygens (including phenoxy) is 2. The van der Waals surface area contributed by atoms with E-state index in [9.17, 15) is 4.79 Å². The van der Waals surface area contributed by atoms with Crippen molar-refractivity contribution in [2.24, 2.45) is 0 Å². The number of anilines is 2. The number of piperazine rings is 2. The van der Waals surface area contributed by atoms with Crippen molar-refractivity contribution >= 4 is 17.5 Å². The maximum Gasteiger partial charge on any atom is 0.410 e. The highest BCUT2D eigenvalue weighted by Gasteiger charge is 2.31. The first-order valence-electron chi connectivity index (χ1n) is 13.5. The zero-order chi connectivity index (χ0) is 26.6. The largest absolute Gasteiger partial charge is 0.444 e. The van der Waals surface area contributed by atoms with Gasteiger partial charge in [0.05, 0.1) is 6.61 Å². The van der Waals surface area contributed by atoms with E-state index in [1.54, 1.807) is 7.11 Å². The van der Waals surface area contributed by atoms with E-state index in [0.717, 1.165) is 32.7 Å². The fourth-order valence-electron chi connectivity index (χ4n) is 5.43. The summed E-state index contributed by atoms with van der Waals surface area (Å²) in [6, 6.07) is 18.2. The smallest absolute Gasteiger partial charge is 0.410 e. The highest BCUT2D eigenvalue weighted by atomic mass is 16.6. The van der Waals surface area contributed by atoms with Gasteiger partial charge in [-0.25, -0.2) is 4.79 Å². The van der Waals surface area contributed by atoms with Crippen molar-refractivity contribution in [3.05, 3.63) is 59.7 Å². The molecule has 0 aromatic heterocycles. The molecular formula is C30H44N4O3. The Labute approximate surface area is 222 Å². The van der Waals surface area contributed by atoms with Crippen LogP contribution in [-0.2, 0) is 22.6 Å². The molecule has 2 aromatic carbocycles. The van der Waals surface area contributed by atoms with Gasteiger partial charge in [-0.1, -0.05) is 30.3 Å². The van der Waals surface area contributed by atoms with Crippen molar-refractivity contribution in [2.45, 2.75) is 65.5 Å². The average molecular weight is 509 g/mol. The van der Waals surface area contributed by atoms with Crippen LogP contribution in [0.15, 0.2) is 48.5 Å². The Kier molecular flexibility index (Phi) is 8.65. The molecule has 0 unspecified atom stereocenters. The first-order chi connectivity index (χ1) is 17.6. The minimum Gasteiger partial charge on any atom is -0.444 e. The lowest BCUT2D eigenvalue weighted by Crippen LogP contribution is -2.54. The van der Waals surface area contributed by atoms with Crippen LogP contribution in [0.4, 0.5) is 16.2 Å². The Hall–Kier alpha value is -2.77. The highest BCUT2D eigenvalue weighted by molar-refractivity contribution is 5.69. The molecule has 2 fully saturated rings. The predicted octanol–water partition coefficient (Wildman–Crippen LogP) is 4.99. The summed E-state index contributed by atoms with van der Waals surface area (Å²) in [4.78, 5) is 21.9. The number of benzene rings is 2. The maximum absolute atomic E-state index is 12.6. The first-order valence-corrected chi connectivity index (χ1v) is 13.5. The zero-order valence-corrected chi connectivity index (χ0v) is 23.4. The quantitative estimate of drug-likeness (QED) is 0.548.